The molecule has 116 valence electrons. The minimum atomic E-state index is 0.129. The summed E-state index contributed by atoms with van der Waals surface area (Å²) < 4.78 is 0. The summed E-state index contributed by atoms with van der Waals surface area (Å²) in [6, 6.07) is 8.79. The number of para-hydroxylation sites is 1. The normalized spacial score (nSPS) is 18.0. The number of amides is 2. The molecule has 0 spiro atoms. The molecular formula is C17H27N3O. The Balaban J connectivity index is 2.34. The van der Waals surface area contributed by atoms with E-state index in [0.29, 0.717) is 6.04 Å². The van der Waals surface area contributed by atoms with Gasteiger partial charge < -0.3 is 10.2 Å². The molecule has 2 rings (SSSR count). The van der Waals surface area contributed by atoms with Gasteiger partial charge in [-0.25, -0.2) is 4.79 Å². The second-order valence-corrected chi connectivity index (χ2v) is 5.42. The highest BCUT2D eigenvalue weighted by molar-refractivity contribution is 5.93. The predicted octanol–water partition coefficient (Wildman–Crippen LogP) is 3.40. The van der Waals surface area contributed by atoms with Crippen molar-refractivity contribution in [3.05, 3.63) is 29.8 Å². The van der Waals surface area contributed by atoms with Crippen LogP contribution in [0.15, 0.2) is 24.3 Å². The lowest BCUT2D eigenvalue weighted by Gasteiger charge is -2.30. The first-order chi connectivity index (χ1) is 10.2. The average Bonchev–Trinajstić information content (AvgIpc) is 2.69. The summed E-state index contributed by atoms with van der Waals surface area (Å²) in [5, 5.41) is 3.55. The monoisotopic (exact) mass is 289 g/mol. The first-order valence-electron chi connectivity index (χ1n) is 8.11. The van der Waals surface area contributed by atoms with Crippen LogP contribution in [0.3, 0.4) is 0 Å². The van der Waals surface area contributed by atoms with Gasteiger partial charge in [0.05, 0.1) is 5.69 Å². The fourth-order valence-corrected chi connectivity index (χ4v) is 3.08. The van der Waals surface area contributed by atoms with E-state index in [-0.39, 0.29) is 6.03 Å². The molecule has 0 bridgehead atoms. The third kappa shape index (κ3) is 3.38. The van der Waals surface area contributed by atoms with Crippen LogP contribution in [0.25, 0.3) is 0 Å². The van der Waals surface area contributed by atoms with Crippen LogP contribution in [0, 0.1) is 0 Å². The number of carbonyl (C=O) groups excluding carboxylic acids is 1. The minimum absolute atomic E-state index is 0.129. The standard InChI is InChI=1S/C17H27N3O/c1-4-18-15-11-9-13-20(17(21)19(5-2)6-3)16-12-8-7-10-14(15)16/h7-8,10,12,15,18H,4-6,9,11,13H2,1-3H3. The Hall–Kier alpha value is -1.55. The van der Waals surface area contributed by atoms with Crippen molar-refractivity contribution in [2.45, 2.75) is 39.7 Å². The van der Waals surface area contributed by atoms with Crippen molar-refractivity contribution in [1.29, 1.82) is 0 Å². The van der Waals surface area contributed by atoms with Crippen LogP contribution in [-0.4, -0.2) is 37.1 Å². The van der Waals surface area contributed by atoms with Gasteiger partial charge in [-0.15, -0.1) is 0 Å². The van der Waals surface area contributed by atoms with Crippen LogP contribution >= 0.6 is 0 Å². The number of hydrogen-bond donors (Lipinski definition) is 1. The molecule has 1 aromatic rings. The van der Waals surface area contributed by atoms with Gasteiger partial charge in [-0.3, -0.25) is 4.90 Å². The van der Waals surface area contributed by atoms with Gasteiger partial charge in [0.2, 0.25) is 0 Å². The second kappa shape index (κ2) is 7.46. The molecule has 1 unspecified atom stereocenters. The largest absolute Gasteiger partial charge is 0.325 e. The summed E-state index contributed by atoms with van der Waals surface area (Å²) in [5.74, 6) is 0. The maximum absolute atomic E-state index is 12.8. The predicted molar refractivity (Wildman–Crippen MR) is 87.8 cm³/mol. The molecule has 0 radical (unpaired) electrons. The maximum Gasteiger partial charge on any atom is 0.324 e. The fraction of sp³-hybridized carbons (Fsp3) is 0.588. The Morgan fingerprint density at radius 1 is 1.29 bits per heavy atom. The maximum atomic E-state index is 12.8. The van der Waals surface area contributed by atoms with Crippen LogP contribution in [0.2, 0.25) is 0 Å². The van der Waals surface area contributed by atoms with Crippen molar-refractivity contribution >= 4 is 11.7 Å². The van der Waals surface area contributed by atoms with Crippen LogP contribution < -0.4 is 10.2 Å². The number of hydrogen-bond acceptors (Lipinski definition) is 2. The van der Waals surface area contributed by atoms with E-state index in [9.17, 15) is 4.79 Å². The highest BCUT2D eigenvalue weighted by atomic mass is 16.2. The van der Waals surface area contributed by atoms with E-state index < -0.39 is 0 Å². The molecule has 0 aromatic heterocycles. The lowest BCUT2D eigenvalue weighted by Crippen LogP contribution is -2.43. The van der Waals surface area contributed by atoms with E-state index in [2.05, 4.69) is 30.4 Å². The smallest absolute Gasteiger partial charge is 0.324 e. The van der Waals surface area contributed by atoms with Gasteiger partial charge in [0, 0.05) is 25.7 Å². The lowest BCUT2D eigenvalue weighted by atomic mass is 10.0. The zero-order chi connectivity index (χ0) is 15.2. The minimum Gasteiger partial charge on any atom is -0.325 e. The molecule has 0 fully saturated rings. The van der Waals surface area contributed by atoms with Crippen molar-refractivity contribution < 1.29 is 4.79 Å². The summed E-state index contributed by atoms with van der Waals surface area (Å²) in [6.07, 6.45) is 2.10. The fourth-order valence-electron chi connectivity index (χ4n) is 3.08. The average molecular weight is 289 g/mol. The SMILES string of the molecule is CCNC1CCCN(C(=O)N(CC)CC)c2ccccc21. The molecule has 21 heavy (non-hydrogen) atoms. The number of carbonyl (C=O) groups is 1. The number of anilines is 1. The number of benzene rings is 1. The number of nitrogens with one attached hydrogen (secondary N) is 1. The van der Waals surface area contributed by atoms with Crippen molar-refractivity contribution in [2.24, 2.45) is 0 Å². The van der Waals surface area contributed by atoms with Crippen LogP contribution in [0.1, 0.15) is 45.2 Å². The topological polar surface area (TPSA) is 35.6 Å². The molecule has 4 heteroatoms. The van der Waals surface area contributed by atoms with E-state index in [4.69, 9.17) is 0 Å². The van der Waals surface area contributed by atoms with Gasteiger partial charge in [-0.05, 0) is 44.9 Å². The quantitative estimate of drug-likeness (QED) is 0.922. The van der Waals surface area contributed by atoms with Gasteiger partial charge in [-0.2, -0.15) is 0 Å². The summed E-state index contributed by atoms with van der Waals surface area (Å²) in [7, 11) is 0. The molecule has 1 aromatic carbocycles. The molecule has 2 amide bonds. The van der Waals surface area contributed by atoms with E-state index in [1.807, 2.05) is 29.7 Å². The highest BCUT2D eigenvalue weighted by Crippen LogP contribution is 2.33. The van der Waals surface area contributed by atoms with Crippen LogP contribution in [0.5, 0.6) is 0 Å². The summed E-state index contributed by atoms with van der Waals surface area (Å²) >= 11 is 0. The molecule has 0 aliphatic carbocycles. The van der Waals surface area contributed by atoms with E-state index in [0.717, 1.165) is 44.7 Å². The number of rotatable bonds is 4. The van der Waals surface area contributed by atoms with Crippen molar-refractivity contribution in [3.8, 4) is 0 Å². The zero-order valence-electron chi connectivity index (χ0n) is 13.4. The molecule has 1 atom stereocenters. The zero-order valence-corrected chi connectivity index (χ0v) is 13.4. The van der Waals surface area contributed by atoms with E-state index >= 15 is 0 Å². The Bertz CT molecular complexity index is 471. The lowest BCUT2D eigenvalue weighted by molar-refractivity contribution is 0.210. The van der Waals surface area contributed by atoms with E-state index in [1.54, 1.807) is 0 Å². The molecule has 1 aliphatic rings. The van der Waals surface area contributed by atoms with E-state index in [1.165, 1.54) is 5.56 Å². The molecule has 0 saturated carbocycles. The van der Waals surface area contributed by atoms with Gasteiger partial charge in [0.25, 0.3) is 0 Å². The Morgan fingerprint density at radius 2 is 2.00 bits per heavy atom. The molecule has 1 N–H and O–H groups in total. The van der Waals surface area contributed by atoms with Crippen molar-refractivity contribution in [2.75, 3.05) is 31.1 Å². The Morgan fingerprint density at radius 3 is 2.67 bits per heavy atom. The highest BCUT2D eigenvalue weighted by Gasteiger charge is 2.27. The molecule has 1 heterocycles. The number of nitrogens with zero attached hydrogens (tertiary/aromatic N) is 2. The molecule has 1 aliphatic heterocycles. The van der Waals surface area contributed by atoms with Crippen LogP contribution in [0.4, 0.5) is 10.5 Å². The summed E-state index contributed by atoms with van der Waals surface area (Å²) in [5.41, 5.74) is 2.32. The van der Waals surface area contributed by atoms with Gasteiger partial charge in [-0.1, -0.05) is 25.1 Å². The number of urea groups is 1. The van der Waals surface area contributed by atoms with Crippen molar-refractivity contribution in [3.63, 3.8) is 0 Å². The van der Waals surface area contributed by atoms with Gasteiger partial charge in [0.1, 0.15) is 0 Å². The Labute approximate surface area is 128 Å². The molecule has 0 saturated heterocycles. The van der Waals surface area contributed by atoms with Crippen molar-refractivity contribution in [1.82, 2.24) is 10.2 Å². The van der Waals surface area contributed by atoms with Gasteiger partial charge in [0.15, 0.2) is 0 Å². The summed E-state index contributed by atoms with van der Waals surface area (Å²) in [4.78, 5) is 16.6. The molecular weight excluding hydrogens is 262 g/mol. The van der Waals surface area contributed by atoms with Gasteiger partial charge >= 0.3 is 6.03 Å². The Kier molecular flexibility index (Phi) is 5.62. The molecule has 4 nitrogen and oxygen atoms in total. The third-order valence-electron chi connectivity index (χ3n) is 4.19. The third-order valence-corrected chi connectivity index (χ3v) is 4.19. The van der Waals surface area contributed by atoms with Crippen LogP contribution in [-0.2, 0) is 0 Å². The second-order valence-electron chi connectivity index (χ2n) is 5.42. The summed E-state index contributed by atoms with van der Waals surface area (Å²) in [6.45, 7) is 9.46. The first-order valence-corrected chi connectivity index (χ1v) is 8.11. The number of fused-ring (bicyclic) bond motifs is 1. The first kappa shape index (κ1) is 15.8.